The first kappa shape index (κ1) is 13.9. The summed E-state index contributed by atoms with van der Waals surface area (Å²) in [5.41, 5.74) is 1.21. The van der Waals surface area contributed by atoms with Crippen LogP contribution in [0.15, 0.2) is 59.5 Å². The maximum Gasteiger partial charge on any atom is 0.255 e. The minimum atomic E-state index is -0.800. The van der Waals surface area contributed by atoms with E-state index in [4.69, 9.17) is 4.42 Å². The highest BCUT2D eigenvalue weighted by Gasteiger charge is 2.10. The number of rotatable bonds is 3. The van der Waals surface area contributed by atoms with Crippen LogP contribution in [-0.2, 0) is 0 Å². The summed E-state index contributed by atoms with van der Waals surface area (Å²) < 4.78 is 31.4. The Bertz CT molecular complexity index is 779. The van der Waals surface area contributed by atoms with Gasteiger partial charge in [-0.2, -0.15) is 0 Å². The third-order valence-corrected chi connectivity index (χ3v) is 2.98. The highest BCUT2D eigenvalue weighted by atomic mass is 19.1. The number of benzene rings is 2. The number of carbonyl (C=O) groups is 1. The molecule has 1 heterocycles. The number of hydrogen-bond acceptors (Lipinski definition) is 3. The molecule has 1 amide bonds. The average Bonchev–Trinajstić information content (AvgIpc) is 3.01. The van der Waals surface area contributed by atoms with Crippen LogP contribution in [0.3, 0.4) is 0 Å². The molecule has 3 aromatic rings. The number of anilines is 1. The first-order valence-corrected chi connectivity index (χ1v) is 6.38. The molecule has 110 valence electrons. The van der Waals surface area contributed by atoms with E-state index in [0.717, 1.165) is 17.7 Å². The Morgan fingerprint density at radius 3 is 2.32 bits per heavy atom. The van der Waals surface area contributed by atoms with Crippen molar-refractivity contribution in [3.8, 4) is 11.3 Å². The van der Waals surface area contributed by atoms with Crippen molar-refractivity contribution in [2.75, 3.05) is 5.32 Å². The molecule has 3 rings (SSSR count). The molecule has 0 aliphatic carbocycles. The van der Waals surface area contributed by atoms with Crippen molar-refractivity contribution in [1.82, 2.24) is 4.98 Å². The Labute approximate surface area is 124 Å². The SMILES string of the molecule is O=C(Nc1ccc(-c2cnco2)cc1)c1cc(F)cc(F)c1. The number of nitrogens with zero attached hydrogens (tertiary/aromatic N) is 1. The average molecular weight is 300 g/mol. The van der Waals surface area contributed by atoms with Crippen LogP contribution < -0.4 is 5.32 Å². The molecule has 0 unspecified atom stereocenters. The fourth-order valence-corrected chi connectivity index (χ4v) is 1.96. The Morgan fingerprint density at radius 2 is 1.73 bits per heavy atom. The summed E-state index contributed by atoms with van der Waals surface area (Å²) in [5.74, 6) is -1.59. The standard InChI is InChI=1S/C16H10F2N2O2/c17-12-5-11(6-13(18)7-12)16(21)20-14-3-1-10(2-4-14)15-8-19-9-22-15/h1-9H,(H,20,21). The van der Waals surface area contributed by atoms with E-state index in [9.17, 15) is 13.6 Å². The maximum atomic E-state index is 13.1. The van der Waals surface area contributed by atoms with E-state index < -0.39 is 17.5 Å². The van der Waals surface area contributed by atoms with E-state index in [2.05, 4.69) is 10.3 Å². The van der Waals surface area contributed by atoms with Crippen molar-refractivity contribution >= 4 is 11.6 Å². The third kappa shape index (κ3) is 3.01. The van der Waals surface area contributed by atoms with E-state index in [-0.39, 0.29) is 5.56 Å². The topological polar surface area (TPSA) is 55.1 Å². The lowest BCUT2D eigenvalue weighted by Crippen LogP contribution is -2.12. The molecule has 0 radical (unpaired) electrons. The van der Waals surface area contributed by atoms with Gasteiger partial charge in [0.25, 0.3) is 5.91 Å². The van der Waals surface area contributed by atoms with E-state index in [1.165, 1.54) is 6.39 Å². The van der Waals surface area contributed by atoms with Crippen molar-refractivity contribution in [3.63, 3.8) is 0 Å². The summed E-state index contributed by atoms with van der Waals surface area (Å²) in [6.07, 6.45) is 2.90. The molecular formula is C16H10F2N2O2. The van der Waals surface area contributed by atoms with E-state index >= 15 is 0 Å². The molecule has 6 heteroatoms. The summed E-state index contributed by atoms with van der Waals surface area (Å²) in [6, 6.07) is 9.45. The summed E-state index contributed by atoms with van der Waals surface area (Å²) in [4.78, 5) is 15.8. The van der Waals surface area contributed by atoms with Gasteiger partial charge in [-0.05, 0) is 36.4 Å². The van der Waals surface area contributed by atoms with Gasteiger partial charge in [0.05, 0.1) is 6.20 Å². The second-order valence-corrected chi connectivity index (χ2v) is 4.56. The smallest absolute Gasteiger partial charge is 0.255 e. The molecule has 22 heavy (non-hydrogen) atoms. The van der Waals surface area contributed by atoms with Gasteiger partial charge in [-0.1, -0.05) is 0 Å². The first-order valence-electron chi connectivity index (χ1n) is 6.38. The lowest BCUT2D eigenvalue weighted by Gasteiger charge is -2.06. The van der Waals surface area contributed by atoms with Crippen molar-refractivity contribution in [2.24, 2.45) is 0 Å². The zero-order chi connectivity index (χ0) is 15.5. The third-order valence-electron chi connectivity index (χ3n) is 2.98. The Hall–Kier alpha value is -3.02. The molecule has 0 bridgehead atoms. The Kier molecular flexibility index (Phi) is 3.65. The summed E-state index contributed by atoms with van der Waals surface area (Å²) in [5, 5.41) is 2.57. The van der Waals surface area contributed by atoms with Crippen molar-refractivity contribution in [2.45, 2.75) is 0 Å². The number of hydrogen-bond donors (Lipinski definition) is 1. The molecular weight excluding hydrogens is 290 g/mol. The van der Waals surface area contributed by atoms with Gasteiger partial charge < -0.3 is 9.73 Å². The molecule has 4 nitrogen and oxygen atoms in total. The van der Waals surface area contributed by atoms with Crippen LogP contribution in [0.2, 0.25) is 0 Å². The van der Waals surface area contributed by atoms with Gasteiger partial charge >= 0.3 is 0 Å². The van der Waals surface area contributed by atoms with Crippen LogP contribution in [0.4, 0.5) is 14.5 Å². The number of aromatic nitrogens is 1. The number of amides is 1. The Balaban J connectivity index is 1.76. The normalized spacial score (nSPS) is 10.5. The van der Waals surface area contributed by atoms with Gasteiger partial charge in [0.15, 0.2) is 12.2 Å². The number of oxazole rings is 1. The van der Waals surface area contributed by atoms with E-state index in [1.807, 2.05) is 0 Å². The highest BCUT2D eigenvalue weighted by Crippen LogP contribution is 2.21. The molecule has 0 spiro atoms. The summed E-state index contributed by atoms with van der Waals surface area (Å²) in [7, 11) is 0. The first-order chi connectivity index (χ1) is 10.6. The van der Waals surface area contributed by atoms with Crippen LogP contribution in [0.1, 0.15) is 10.4 Å². The molecule has 0 atom stereocenters. The van der Waals surface area contributed by atoms with Crippen LogP contribution in [-0.4, -0.2) is 10.9 Å². The van der Waals surface area contributed by atoms with Crippen LogP contribution >= 0.6 is 0 Å². The minimum Gasteiger partial charge on any atom is -0.444 e. The number of halogens is 2. The van der Waals surface area contributed by atoms with Crippen LogP contribution in [0.5, 0.6) is 0 Å². The molecule has 0 aliphatic rings. The fourth-order valence-electron chi connectivity index (χ4n) is 1.96. The molecule has 1 aromatic heterocycles. The van der Waals surface area contributed by atoms with Crippen molar-refractivity contribution in [1.29, 1.82) is 0 Å². The summed E-state index contributed by atoms with van der Waals surface area (Å²) in [6.45, 7) is 0. The lowest BCUT2D eigenvalue weighted by atomic mass is 10.1. The van der Waals surface area contributed by atoms with Gasteiger partial charge in [0, 0.05) is 22.9 Å². The lowest BCUT2D eigenvalue weighted by molar-refractivity contribution is 0.102. The quantitative estimate of drug-likeness (QED) is 0.798. The zero-order valence-electron chi connectivity index (χ0n) is 11.2. The van der Waals surface area contributed by atoms with Crippen molar-refractivity contribution in [3.05, 3.63) is 72.3 Å². The van der Waals surface area contributed by atoms with Crippen LogP contribution in [0, 0.1) is 11.6 Å². The second-order valence-electron chi connectivity index (χ2n) is 4.56. The molecule has 1 N–H and O–H groups in total. The summed E-state index contributed by atoms with van der Waals surface area (Å²) >= 11 is 0. The van der Waals surface area contributed by atoms with Gasteiger partial charge in [0.1, 0.15) is 11.6 Å². The van der Waals surface area contributed by atoms with E-state index in [0.29, 0.717) is 17.5 Å². The molecule has 0 aliphatic heterocycles. The zero-order valence-corrected chi connectivity index (χ0v) is 11.2. The maximum absolute atomic E-state index is 13.1. The minimum absolute atomic E-state index is 0.0863. The number of carbonyl (C=O) groups excluding carboxylic acids is 1. The number of nitrogens with one attached hydrogen (secondary N) is 1. The van der Waals surface area contributed by atoms with Crippen LogP contribution in [0.25, 0.3) is 11.3 Å². The fraction of sp³-hybridized carbons (Fsp3) is 0. The van der Waals surface area contributed by atoms with Gasteiger partial charge in [0.2, 0.25) is 0 Å². The molecule has 0 fully saturated rings. The van der Waals surface area contributed by atoms with Gasteiger partial charge in [-0.25, -0.2) is 13.8 Å². The van der Waals surface area contributed by atoms with Crippen molar-refractivity contribution < 1.29 is 18.0 Å². The Morgan fingerprint density at radius 1 is 1.05 bits per heavy atom. The highest BCUT2D eigenvalue weighted by molar-refractivity contribution is 6.04. The largest absolute Gasteiger partial charge is 0.444 e. The molecule has 0 saturated heterocycles. The molecule has 2 aromatic carbocycles. The van der Waals surface area contributed by atoms with Gasteiger partial charge in [-0.15, -0.1) is 0 Å². The molecule has 0 saturated carbocycles. The second kappa shape index (κ2) is 5.77. The predicted molar refractivity (Wildman–Crippen MR) is 76.3 cm³/mol. The van der Waals surface area contributed by atoms with Gasteiger partial charge in [-0.3, -0.25) is 4.79 Å². The predicted octanol–water partition coefficient (Wildman–Crippen LogP) is 3.87. The van der Waals surface area contributed by atoms with E-state index in [1.54, 1.807) is 30.5 Å². The monoisotopic (exact) mass is 300 g/mol.